The summed E-state index contributed by atoms with van der Waals surface area (Å²) in [6.07, 6.45) is 10.1. The molecule has 2 aromatic heterocycles. The number of aromatic nitrogens is 5. The molecule has 0 radical (unpaired) electrons. The van der Waals surface area contributed by atoms with Crippen molar-refractivity contribution in [2.24, 2.45) is 0 Å². The number of carbonyl (C=O) groups excluding carboxylic acids is 1. The third-order valence-corrected chi connectivity index (χ3v) is 4.99. The number of hydrogen-bond donors (Lipinski definition) is 2. The van der Waals surface area contributed by atoms with Crippen molar-refractivity contribution in [2.45, 2.75) is 50.7 Å². The van der Waals surface area contributed by atoms with Crippen LogP contribution < -0.4 is 10.6 Å². The molecular weight excluding hydrogens is 306 g/mol. The molecule has 128 valence electrons. The molecule has 1 saturated carbocycles. The highest BCUT2D eigenvalue weighted by molar-refractivity contribution is 5.92. The summed E-state index contributed by atoms with van der Waals surface area (Å²) in [4.78, 5) is 21.0. The predicted molar refractivity (Wildman–Crippen MR) is 87.6 cm³/mol. The van der Waals surface area contributed by atoms with Crippen LogP contribution in [-0.2, 0) is 13.0 Å². The van der Waals surface area contributed by atoms with Crippen molar-refractivity contribution >= 4 is 5.91 Å². The van der Waals surface area contributed by atoms with Gasteiger partial charge in [-0.15, -0.1) is 0 Å². The second-order valence-electron chi connectivity index (χ2n) is 6.59. The number of fused-ring (bicyclic) bond motifs is 1. The van der Waals surface area contributed by atoms with Gasteiger partial charge in [-0.25, -0.2) is 14.6 Å². The highest BCUT2D eigenvalue weighted by Gasteiger charge is 2.25. The normalized spacial score (nSPS) is 24.2. The molecule has 2 aliphatic rings. The molecule has 0 atom stereocenters. The van der Waals surface area contributed by atoms with Crippen LogP contribution >= 0.6 is 0 Å². The van der Waals surface area contributed by atoms with E-state index in [2.05, 4.69) is 30.3 Å². The van der Waals surface area contributed by atoms with Crippen molar-refractivity contribution in [3.8, 4) is 0 Å². The Labute approximate surface area is 140 Å². The number of imidazole rings is 1. The minimum absolute atomic E-state index is 0.0484. The first-order chi connectivity index (χ1) is 11.8. The van der Waals surface area contributed by atoms with E-state index in [9.17, 15) is 4.79 Å². The zero-order valence-corrected chi connectivity index (χ0v) is 13.7. The molecule has 0 spiro atoms. The molecule has 0 aromatic carbocycles. The van der Waals surface area contributed by atoms with Gasteiger partial charge in [-0.05, 0) is 25.7 Å². The highest BCUT2D eigenvalue weighted by Crippen LogP contribution is 2.27. The molecule has 24 heavy (non-hydrogen) atoms. The van der Waals surface area contributed by atoms with Crippen molar-refractivity contribution in [1.82, 2.24) is 34.9 Å². The Bertz CT molecular complexity index is 662. The number of nitrogens with zero attached hydrogens (tertiary/aromatic N) is 5. The summed E-state index contributed by atoms with van der Waals surface area (Å²) in [6, 6.07) is 0.622. The lowest BCUT2D eigenvalue weighted by molar-refractivity contribution is 0.0917. The molecule has 2 N–H and O–H groups in total. The monoisotopic (exact) mass is 329 g/mol. The molecule has 0 unspecified atom stereocenters. The minimum Gasteiger partial charge on any atom is -0.348 e. The Hall–Kier alpha value is -2.22. The van der Waals surface area contributed by atoms with E-state index in [0.29, 0.717) is 11.7 Å². The maximum atomic E-state index is 12.5. The quantitative estimate of drug-likeness (QED) is 0.857. The third-order valence-electron chi connectivity index (χ3n) is 4.99. The summed E-state index contributed by atoms with van der Waals surface area (Å²) < 4.78 is 4.02. The Morgan fingerprint density at radius 2 is 2.12 bits per heavy atom. The average molecular weight is 329 g/mol. The number of hydrogen-bond acceptors (Lipinski definition) is 5. The van der Waals surface area contributed by atoms with Crippen LogP contribution in [0, 0.1) is 0 Å². The predicted octanol–water partition coefficient (Wildman–Crippen LogP) is 0.534. The second kappa shape index (κ2) is 6.72. The van der Waals surface area contributed by atoms with Crippen molar-refractivity contribution in [3.63, 3.8) is 0 Å². The zero-order valence-electron chi connectivity index (χ0n) is 13.7. The summed E-state index contributed by atoms with van der Waals surface area (Å²) in [5.74, 6) is 0.952. The van der Waals surface area contributed by atoms with Crippen LogP contribution in [0.2, 0.25) is 0 Å². The van der Waals surface area contributed by atoms with Crippen molar-refractivity contribution in [1.29, 1.82) is 0 Å². The first-order valence-corrected chi connectivity index (χ1v) is 8.71. The van der Waals surface area contributed by atoms with Gasteiger partial charge in [-0.3, -0.25) is 4.79 Å². The van der Waals surface area contributed by atoms with Gasteiger partial charge in [0.05, 0.1) is 6.04 Å². The van der Waals surface area contributed by atoms with Gasteiger partial charge in [-0.2, -0.15) is 5.10 Å². The van der Waals surface area contributed by atoms with Crippen molar-refractivity contribution < 1.29 is 4.79 Å². The van der Waals surface area contributed by atoms with Crippen LogP contribution in [0.1, 0.15) is 48.0 Å². The van der Waals surface area contributed by atoms with Crippen molar-refractivity contribution in [2.75, 3.05) is 13.1 Å². The standard InChI is InChI=1S/C16H23N7O/c24-16(14-9-22-8-7-17-6-5-15(22)21-14)20-12-1-3-13(4-2-12)23-11-18-10-19-23/h9-13,17H,1-8H2,(H,20,24). The molecule has 0 bridgehead atoms. The average Bonchev–Trinajstić information content (AvgIpc) is 3.22. The van der Waals surface area contributed by atoms with Gasteiger partial charge in [0.15, 0.2) is 0 Å². The first kappa shape index (κ1) is 15.3. The van der Waals surface area contributed by atoms with Crippen LogP contribution in [0.15, 0.2) is 18.9 Å². The van der Waals surface area contributed by atoms with Crippen LogP contribution in [-0.4, -0.2) is 49.4 Å². The molecule has 0 saturated heterocycles. The molecule has 1 aliphatic carbocycles. The third kappa shape index (κ3) is 3.19. The van der Waals surface area contributed by atoms with E-state index in [0.717, 1.165) is 57.6 Å². The Morgan fingerprint density at radius 3 is 2.92 bits per heavy atom. The maximum Gasteiger partial charge on any atom is 0.271 e. The lowest BCUT2D eigenvalue weighted by Gasteiger charge is -2.28. The lowest BCUT2D eigenvalue weighted by Crippen LogP contribution is -2.38. The number of amides is 1. The van der Waals surface area contributed by atoms with Crippen molar-refractivity contribution in [3.05, 3.63) is 30.4 Å². The molecule has 8 nitrogen and oxygen atoms in total. The van der Waals surface area contributed by atoms with E-state index in [1.165, 1.54) is 0 Å². The molecule has 1 aliphatic heterocycles. The Kier molecular flexibility index (Phi) is 4.29. The summed E-state index contributed by atoms with van der Waals surface area (Å²) >= 11 is 0. The minimum atomic E-state index is -0.0484. The van der Waals surface area contributed by atoms with Gasteiger partial charge >= 0.3 is 0 Å². The van der Waals surface area contributed by atoms with Gasteiger partial charge < -0.3 is 15.2 Å². The van der Waals surface area contributed by atoms with E-state index in [-0.39, 0.29) is 11.9 Å². The fourth-order valence-electron chi connectivity index (χ4n) is 3.63. The lowest BCUT2D eigenvalue weighted by atomic mass is 9.91. The highest BCUT2D eigenvalue weighted by atomic mass is 16.2. The van der Waals surface area contributed by atoms with Crippen LogP contribution in [0.5, 0.6) is 0 Å². The topological polar surface area (TPSA) is 89.7 Å². The molecular formula is C16H23N7O. The van der Waals surface area contributed by atoms with Gasteiger partial charge in [0.1, 0.15) is 24.2 Å². The summed E-state index contributed by atoms with van der Waals surface area (Å²) in [5, 5.41) is 10.7. The maximum absolute atomic E-state index is 12.5. The summed E-state index contributed by atoms with van der Waals surface area (Å²) in [5.41, 5.74) is 0.547. The molecule has 3 heterocycles. The van der Waals surface area contributed by atoms with Gasteiger partial charge in [0.25, 0.3) is 5.91 Å². The van der Waals surface area contributed by atoms with Crippen LogP contribution in [0.4, 0.5) is 0 Å². The molecule has 8 heteroatoms. The molecule has 1 amide bonds. The summed E-state index contributed by atoms with van der Waals surface area (Å²) in [6.45, 7) is 2.72. The SMILES string of the molecule is O=C(NC1CCC(n2cncn2)CC1)c1cn2c(n1)CCNCC2. The van der Waals surface area contributed by atoms with Crippen LogP contribution in [0.3, 0.4) is 0 Å². The van der Waals surface area contributed by atoms with E-state index < -0.39 is 0 Å². The Morgan fingerprint density at radius 1 is 1.25 bits per heavy atom. The number of rotatable bonds is 3. The molecule has 1 fully saturated rings. The summed E-state index contributed by atoms with van der Waals surface area (Å²) in [7, 11) is 0. The van der Waals surface area contributed by atoms with Crippen LogP contribution in [0.25, 0.3) is 0 Å². The first-order valence-electron chi connectivity index (χ1n) is 8.71. The zero-order chi connectivity index (χ0) is 16.4. The largest absolute Gasteiger partial charge is 0.348 e. The fraction of sp³-hybridized carbons (Fsp3) is 0.625. The Balaban J connectivity index is 1.34. The van der Waals surface area contributed by atoms with E-state index in [1.807, 2.05) is 10.9 Å². The molecule has 2 aromatic rings. The smallest absolute Gasteiger partial charge is 0.271 e. The van der Waals surface area contributed by atoms with E-state index >= 15 is 0 Å². The van der Waals surface area contributed by atoms with Gasteiger partial charge in [0.2, 0.25) is 0 Å². The van der Waals surface area contributed by atoms with Gasteiger partial charge in [0, 0.05) is 38.3 Å². The second-order valence-corrected chi connectivity index (χ2v) is 6.59. The number of carbonyl (C=O) groups is 1. The molecule has 4 rings (SSSR count). The van der Waals surface area contributed by atoms with Gasteiger partial charge in [-0.1, -0.05) is 0 Å². The van der Waals surface area contributed by atoms with E-state index in [4.69, 9.17) is 0 Å². The number of nitrogens with one attached hydrogen (secondary N) is 2. The fourth-order valence-corrected chi connectivity index (χ4v) is 3.63. The van der Waals surface area contributed by atoms with E-state index in [1.54, 1.807) is 12.7 Å².